The van der Waals surface area contributed by atoms with Gasteiger partial charge in [0.1, 0.15) is 0 Å². The number of rotatable bonds is 3. The van der Waals surface area contributed by atoms with E-state index < -0.39 is 7.92 Å². The third-order valence-electron chi connectivity index (χ3n) is 3.46. The molecule has 0 spiro atoms. The summed E-state index contributed by atoms with van der Waals surface area (Å²) in [6, 6.07) is 28.1. The molecule has 0 heterocycles. The van der Waals surface area contributed by atoms with Crippen molar-refractivity contribution in [2.75, 3.05) is 0 Å². The first-order valence-corrected chi connectivity index (χ1v) is 9.06. The summed E-state index contributed by atoms with van der Waals surface area (Å²) in [6.07, 6.45) is 0. The fourth-order valence-electron chi connectivity index (χ4n) is 2.43. The predicted octanol–water partition coefficient (Wildman–Crippen LogP) is 4.13. The van der Waals surface area contributed by atoms with Crippen molar-refractivity contribution in [3.63, 3.8) is 0 Å². The van der Waals surface area contributed by atoms with Gasteiger partial charge in [0.05, 0.1) is 0 Å². The molecule has 3 aromatic rings. The van der Waals surface area contributed by atoms with Crippen molar-refractivity contribution in [1.82, 2.24) is 0 Å². The molecule has 1 atom stereocenters. The van der Waals surface area contributed by atoms with Crippen LogP contribution in [-0.2, 0) is 0 Å². The molecule has 0 aliphatic heterocycles. The smallest absolute Gasteiger partial charge is 0.0258 e. The molecule has 0 aliphatic carbocycles. The first-order valence-electron chi connectivity index (χ1n) is 6.93. The van der Waals surface area contributed by atoms with Gasteiger partial charge in [-0.25, -0.2) is 0 Å². The number of benzene rings is 3. The molecule has 0 saturated carbocycles. The molecule has 0 nitrogen and oxygen atoms in total. The first-order chi connectivity index (χ1) is 10.3. The van der Waals surface area contributed by atoms with Gasteiger partial charge in [-0.1, -0.05) is 88.7 Å². The normalized spacial score (nSPS) is 11.5. The molecule has 0 bridgehead atoms. The highest BCUT2D eigenvalue weighted by Crippen LogP contribution is 2.36. The van der Waals surface area contributed by atoms with Crippen molar-refractivity contribution >= 4 is 48.2 Å². The number of hydrogen-bond acceptors (Lipinski definition) is 0. The summed E-state index contributed by atoms with van der Waals surface area (Å²) >= 11 is 3.73. The van der Waals surface area contributed by atoms with Crippen LogP contribution in [0.4, 0.5) is 0 Å². The van der Waals surface area contributed by atoms with Gasteiger partial charge in [0.2, 0.25) is 0 Å². The molecule has 0 N–H and O–H groups in total. The molecule has 0 saturated heterocycles. The largest absolute Gasteiger partial charge is 0.0622 e. The molecular formula is C19H16BBrP. The van der Waals surface area contributed by atoms with Crippen LogP contribution in [0.1, 0.15) is 5.56 Å². The van der Waals surface area contributed by atoms with Gasteiger partial charge in [-0.05, 0) is 42.4 Å². The third-order valence-corrected chi connectivity index (χ3v) is 7.13. The van der Waals surface area contributed by atoms with Gasteiger partial charge in [-0.2, -0.15) is 0 Å². The average molecular weight is 366 g/mol. The van der Waals surface area contributed by atoms with Crippen LogP contribution >= 0.6 is 23.9 Å². The summed E-state index contributed by atoms with van der Waals surface area (Å²) in [5.41, 5.74) is 1.35. The Hall–Kier alpha value is -1.37. The summed E-state index contributed by atoms with van der Waals surface area (Å²) in [7, 11) is -0.535. The summed E-state index contributed by atoms with van der Waals surface area (Å²) in [5.74, 6) is 0. The van der Waals surface area contributed by atoms with Crippen molar-refractivity contribution in [3.8, 4) is 0 Å². The minimum Gasteiger partial charge on any atom is -0.0622 e. The Bertz CT molecular complexity index is 698. The lowest BCUT2D eigenvalue weighted by atomic mass is 10.2. The van der Waals surface area contributed by atoms with Gasteiger partial charge >= 0.3 is 0 Å². The minimum absolute atomic E-state index is 0. The quantitative estimate of drug-likeness (QED) is 0.483. The second kappa shape index (κ2) is 7.76. The number of halogens is 1. The Morgan fingerprint density at radius 3 is 1.86 bits per heavy atom. The fraction of sp³-hybridized carbons (Fsp3) is 0.0526. The number of aryl methyl sites for hydroxylation is 1. The van der Waals surface area contributed by atoms with E-state index in [-0.39, 0.29) is 8.41 Å². The van der Waals surface area contributed by atoms with Crippen LogP contribution in [0.15, 0.2) is 83.3 Å². The van der Waals surface area contributed by atoms with E-state index in [1.165, 1.54) is 25.9 Å². The van der Waals surface area contributed by atoms with Crippen LogP contribution in [0.3, 0.4) is 0 Å². The number of hydrogen-bond donors (Lipinski definition) is 0. The van der Waals surface area contributed by atoms with E-state index in [0.717, 1.165) is 0 Å². The highest BCUT2D eigenvalue weighted by Gasteiger charge is 2.19. The molecule has 3 radical (unpaired) electrons. The zero-order valence-corrected chi connectivity index (χ0v) is 14.9. The van der Waals surface area contributed by atoms with E-state index in [1.54, 1.807) is 0 Å². The van der Waals surface area contributed by atoms with Crippen LogP contribution < -0.4 is 15.9 Å². The second-order valence-corrected chi connectivity index (χ2v) is 7.91. The zero-order chi connectivity index (χ0) is 14.7. The Kier molecular flexibility index (Phi) is 6.00. The average Bonchev–Trinajstić information content (AvgIpc) is 2.52. The zero-order valence-electron chi connectivity index (χ0n) is 12.4. The van der Waals surface area contributed by atoms with Gasteiger partial charge in [-0.3, -0.25) is 0 Å². The van der Waals surface area contributed by atoms with Crippen LogP contribution in [0, 0.1) is 6.92 Å². The summed E-state index contributed by atoms with van der Waals surface area (Å²) in [4.78, 5) is 0. The maximum absolute atomic E-state index is 3.73. The maximum atomic E-state index is 3.73. The van der Waals surface area contributed by atoms with E-state index in [2.05, 4.69) is 102 Å². The van der Waals surface area contributed by atoms with Crippen LogP contribution in [0.5, 0.6) is 0 Å². The van der Waals surface area contributed by atoms with Crippen LogP contribution in [-0.4, -0.2) is 8.41 Å². The van der Waals surface area contributed by atoms with Crippen LogP contribution in [0.25, 0.3) is 0 Å². The lowest BCUT2D eigenvalue weighted by Crippen LogP contribution is -2.23. The van der Waals surface area contributed by atoms with E-state index in [1.807, 2.05) is 0 Å². The van der Waals surface area contributed by atoms with Crippen molar-refractivity contribution in [3.05, 3.63) is 88.9 Å². The molecule has 0 aromatic heterocycles. The summed E-state index contributed by atoms with van der Waals surface area (Å²) in [5, 5.41) is 4.17. The Balaban J connectivity index is 0.00000176. The molecule has 3 rings (SSSR count). The maximum Gasteiger partial charge on any atom is 0.0258 e. The minimum atomic E-state index is -0.535. The highest BCUT2D eigenvalue weighted by atomic mass is 79.9. The Labute approximate surface area is 144 Å². The second-order valence-electron chi connectivity index (χ2n) is 4.91. The lowest BCUT2D eigenvalue weighted by Gasteiger charge is -2.22. The molecule has 0 fully saturated rings. The monoisotopic (exact) mass is 365 g/mol. The van der Waals surface area contributed by atoms with Crippen molar-refractivity contribution in [1.29, 1.82) is 0 Å². The first kappa shape index (κ1) is 17.0. The van der Waals surface area contributed by atoms with Crippen molar-refractivity contribution in [2.45, 2.75) is 6.92 Å². The van der Waals surface area contributed by atoms with Gasteiger partial charge in [0.15, 0.2) is 0 Å². The molecule has 0 unspecified atom stereocenters. The molecular weight excluding hydrogens is 350 g/mol. The van der Waals surface area contributed by atoms with Crippen molar-refractivity contribution in [2.24, 2.45) is 0 Å². The molecule has 0 amide bonds. The lowest BCUT2D eigenvalue weighted by molar-refractivity contribution is 1.52. The standard InChI is InChI=1S/C19H16BrP.B/c1-15-9-5-7-13-18(15)21(16-10-3-2-4-11-16)19-14-8-6-12-17(19)20;/h2-14H,1H3;/t21-;/m0./s1. The van der Waals surface area contributed by atoms with E-state index in [0.29, 0.717) is 0 Å². The SMILES string of the molecule is Cc1ccccc1[P@](c1ccccc1)c1ccccc1Br.[B]. The van der Waals surface area contributed by atoms with E-state index >= 15 is 0 Å². The van der Waals surface area contributed by atoms with Gasteiger partial charge < -0.3 is 0 Å². The van der Waals surface area contributed by atoms with E-state index in [4.69, 9.17) is 0 Å². The topological polar surface area (TPSA) is 0 Å². The highest BCUT2D eigenvalue weighted by molar-refractivity contribution is 9.10. The predicted molar refractivity (Wildman–Crippen MR) is 103 cm³/mol. The summed E-state index contributed by atoms with van der Waals surface area (Å²) < 4.78 is 1.18. The van der Waals surface area contributed by atoms with Gasteiger partial charge in [-0.15, -0.1) is 0 Å². The fourth-order valence-corrected chi connectivity index (χ4v) is 5.72. The van der Waals surface area contributed by atoms with E-state index in [9.17, 15) is 0 Å². The van der Waals surface area contributed by atoms with Crippen molar-refractivity contribution < 1.29 is 0 Å². The molecule has 107 valence electrons. The summed E-state index contributed by atoms with van der Waals surface area (Å²) in [6.45, 7) is 2.20. The molecule has 3 aromatic carbocycles. The Morgan fingerprint density at radius 2 is 1.23 bits per heavy atom. The van der Waals surface area contributed by atoms with Crippen LogP contribution in [0.2, 0.25) is 0 Å². The molecule has 3 heteroatoms. The Morgan fingerprint density at radius 1 is 0.682 bits per heavy atom. The third kappa shape index (κ3) is 3.51. The molecule has 22 heavy (non-hydrogen) atoms. The van der Waals surface area contributed by atoms with Gasteiger partial charge in [0, 0.05) is 12.9 Å². The van der Waals surface area contributed by atoms with Gasteiger partial charge in [0.25, 0.3) is 0 Å². The molecule has 0 aliphatic rings.